The van der Waals surface area contributed by atoms with E-state index in [4.69, 9.17) is 0 Å². The molecule has 0 saturated heterocycles. The van der Waals surface area contributed by atoms with E-state index in [1.807, 2.05) is 0 Å². The van der Waals surface area contributed by atoms with Gasteiger partial charge in [0.05, 0.1) is 4.90 Å². The van der Waals surface area contributed by atoms with Gasteiger partial charge in [0.15, 0.2) is 0 Å². The van der Waals surface area contributed by atoms with E-state index in [2.05, 4.69) is 15.9 Å². The van der Waals surface area contributed by atoms with E-state index in [0.29, 0.717) is 17.4 Å². The summed E-state index contributed by atoms with van der Waals surface area (Å²) >= 11 is 3.36. The molecule has 5 heteroatoms. The van der Waals surface area contributed by atoms with Gasteiger partial charge in [0, 0.05) is 17.1 Å². The first kappa shape index (κ1) is 15.5. The molecule has 2 saturated carbocycles. The fraction of sp³-hybridized carbons (Fsp3) is 0.625. The lowest BCUT2D eigenvalue weighted by molar-refractivity contribution is 0.274. The summed E-state index contributed by atoms with van der Waals surface area (Å²) in [4.78, 5) is 0.424. The molecule has 1 aromatic carbocycles. The van der Waals surface area contributed by atoms with Crippen LogP contribution in [0.15, 0.2) is 33.6 Å². The van der Waals surface area contributed by atoms with Gasteiger partial charge in [-0.2, -0.15) is 4.31 Å². The van der Waals surface area contributed by atoms with Gasteiger partial charge in [0.2, 0.25) is 10.0 Å². The van der Waals surface area contributed by atoms with Crippen LogP contribution >= 0.6 is 15.9 Å². The molecule has 0 atom stereocenters. The van der Waals surface area contributed by atoms with Crippen LogP contribution in [0.2, 0.25) is 0 Å². The van der Waals surface area contributed by atoms with Crippen LogP contribution in [0.25, 0.3) is 0 Å². The molecule has 2 fully saturated rings. The van der Waals surface area contributed by atoms with Crippen molar-refractivity contribution < 1.29 is 8.42 Å². The van der Waals surface area contributed by atoms with Crippen LogP contribution in [0.5, 0.6) is 0 Å². The highest BCUT2D eigenvalue weighted by Crippen LogP contribution is 2.35. The molecule has 2 aliphatic carbocycles. The molecule has 3 rings (SSSR count). The van der Waals surface area contributed by atoms with Gasteiger partial charge >= 0.3 is 0 Å². The largest absolute Gasteiger partial charge is 0.243 e. The third kappa shape index (κ3) is 3.69. The second kappa shape index (κ2) is 6.39. The maximum atomic E-state index is 12.9. The Labute approximate surface area is 135 Å². The molecule has 0 N–H and O–H groups in total. The zero-order valence-corrected chi connectivity index (χ0v) is 14.6. The van der Waals surface area contributed by atoms with Crippen molar-refractivity contribution >= 4 is 26.0 Å². The first-order chi connectivity index (χ1) is 10.1. The number of hydrogen-bond donors (Lipinski definition) is 0. The minimum Gasteiger partial charge on any atom is -0.207 e. The predicted octanol–water partition coefficient (Wildman–Crippen LogP) is 4.18. The maximum absolute atomic E-state index is 12.9. The molecule has 0 aliphatic heterocycles. The van der Waals surface area contributed by atoms with Gasteiger partial charge in [-0.05, 0) is 55.9 Å². The Morgan fingerprint density at radius 3 is 2.19 bits per heavy atom. The van der Waals surface area contributed by atoms with Crippen LogP contribution in [0.3, 0.4) is 0 Å². The lowest BCUT2D eigenvalue weighted by Gasteiger charge is -2.29. The molecule has 0 radical (unpaired) electrons. The van der Waals surface area contributed by atoms with Crippen LogP contribution in [-0.4, -0.2) is 25.3 Å². The summed E-state index contributed by atoms with van der Waals surface area (Å²) < 4.78 is 28.5. The monoisotopic (exact) mass is 371 g/mol. The Kier molecular flexibility index (Phi) is 4.71. The van der Waals surface area contributed by atoms with E-state index in [0.717, 1.165) is 17.3 Å². The molecule has 116 valence electrons. The second-order valence-electron chi connectivity index (χ2n) is 6.26. The van der Waals surface area contributed by atoms with Gasteiger partial charge in [0.1, 0.15) is 0 Å². The van der Waals surface area contributed by atoms with Crippen molar-refractivity contribution in [2.75, 3.05) is 6.54 Å². The van der Waals surface area contributed by atoms with E-state index in [-0.39, 0.29) is 6.04 Å². The smallest absolute Gasteiger partial charge is 0.207 e. The van der Waals surface area contributed by atoms with Crippen molar-refractivity contribution in [3.05, 3.63) is 28.7 Å². The predicted molar refractivity (Wildman–Crippen MR) is 87.6 cm³/mol. The average molecular weight is 372 g/mol. The molecule has 0 unspecified atom stereocenters. The summed E-state index contributed by atoms with van der Waals surface area (Å²) in [5.41, 5.74) is 0. The molecule has 0 amide bonds. The Balaban J connectivity index is 1.80. The Morgan fingerprint density at radius 2 is 1.62 bits per heavy atom. The number of nitrogens with zero attached hydrogens (tertiary/aromatic N) is 1. The highest BCUT2D eigenvalue weighted by molar-refractivity contribution is 9.10. The van der Waals surface area contributed by atoms with E-state index >= 15 is 0 Å². The fourth-order valence-corrected chi connectivity index (χ4v) is 5.20. The highest BCUT2D eigenvalue weighted by atomic mass is 79.9. The van der Waals surface area contributed by atoms with Crippen molar-refractivity contribution in [3.63, 3.8) is 0 Å². The standard InChI is InChI=1S/C16H22BrNO2S/c17-14-6-10-16(11-7-14)21(19,20)18(15-8-9-15)12-13-4-2-1-3-5-13/h6-7,10-11,13,15H,1-5,8-9,12H2. The summed E-state index contributed by atoms with van der Waals surface area (Å²) in [5.74, 6) is 0.546. The van der Waals surface area contributed by atoms with E-state index < -0.39 is 10.0 Å². The van der Waals surface area contributed by atoms with Gasteiger partial charge in [-0.3, -0.25) is 0 Å². The summed E-state index contributed by atoms with van der Waals surface area (Å²) in [6.07, 6.45) is 8.20. The lowest BCUT2D eigenvalue weighted by atomic mass is 9.89. The van der Waals surface area contributed by atoms with Gasteiger partial charge in [-0.25, -0.2) is 8.42 Å². The Hall–Kier alpha value is -0.390. The molecular formula is C16H22BrNO2S. The highest BCUT2D eigenvalue weighted by Gasteiger charge is 2.39. The molecule has 0 bridgehead atoms. The number of rotatable bonds is 5. The first-order valence-corrected chi connectivity index (χ1v) is 10.1. The van der Waals surface area contributed by atoms with Crippen molar-refractivity contribution in [1.29, 1.82) is 0 Å². The quantitative estimate of drug-likeness (QED) is 0.778. The van der Waals surface area contributed by atoms with Crippen LogP contribution in [0.1, 0.15) is 44.9 Å². The lowest BCUT2D eigenvalue weighted by Crippen LogP contribution is -2.37. The number of hydrogen-bond acceptors (Lipinski definition) is 2. The molecule has 0 heterocycles. The Bertz CT molecular complexity index is 575. The molecule has 21 heavy (non-hydrogen) atoms. The topological polar surface area (TPSA) is 37.4 Å². The summed E-state index contributed by atoms with van der Waals surface area (Å²) in [6.45, 7) is 0.711. The minimum atomic E-state index is -3.34. The SMILES string of the molecule is O=S(=O)(c1ccc(Br)cc1)N(CC1CCCCC1)C1CC1. The first-order valence-electron chi connectivity index (χ1n) is 7.85. The zero-order chi connectivity index (χ0) is 14.9. The van der Waals surface area contributed by atoms with E-state index in [1.165, 1.54) is 32.1 Å². The maximum Gasteiger partial charge on any atom is 0.243 e. The molecule has 0 spiro atoms. The van der Waals surface area contributed by atoms with Crippen LogP contribution in [-0.2, 0) is 10.0 Å². The van der Waals surface area contributed by atoms with Crippen molar-refractivity contribution in [1.82, 2.24) is 4.31 Å². The molecule has 3 nitrogen and oxygen atoms in total. The minimum absolute atomic E-state index is 0.237. The van der Waals surface area contributed by atoms with Crippen molar-refractivity contribution in [2.24, 2.45) is 5.92 Å². The van der Waals surface area contributed by atoms with Gasteiger partial charge < -0.3 is 0 Å². The molecule has 2 aliphatic rings. The fourth-order valence-electron chi connectivity index (χ4n) is 3.17. The summed E-state index contributed by atoms with van der Waals surface area (Å²) in [6, 6.07) is 7.25. The normalized spacial score (nSPS) is 20.9. The second-order valence-corrected chi connectivity index (χ2v) is 9.07. The van der Waals surface area contributed by atoms with Gasteiger partial charge in [-0.15, -0.1) is 0 Å². The van der Waals surface area contributed by atoms with Crippen LogP contribution in [0.4, 0.5) is 0 Å². The van der Waals surface area contributed by atoms with Crippen LogP contribution < -0.4 is 0 Å². The third-order valence-corrected chi connectivity index (χ3v) is 7.00. The molecule has 0 aromatic heterocycles. The Morgan fingerprint density at radius 1 is 1.00 bits per heavy atom. The number of benzene rings is 1. The summed E-state index contributed by atoms with van der Waals surface area (Å²) in [5, 5.41) is 0. The van der Waals surface area contributed by atoms with Crippen molar-refractivity contribution in [2.45, 2.75) is 55.9 Å². The number of sulfonamides is 1. The average Bonchev–Trinajstić information content (AvgIpc) is 3.31. The summed E-state index contributed by atoms with van der Waals surface area (Å²) in [7, 11) is -3.34. The van der Waals surface area contributed by atoms with Gasteiger partial charge in [0.25, 0.3) is 0 Å². The number of halogens is 1. The van der Waals surface area contributed by atoms with E-state index in [1.54, 1.807) is 28.6 Å². The van der Waals surface area contributed by atoms with Crippen molar-refractivity contribution in [3.8, 4) is 0 Å². The van der Waals surface area contributed by atoms with E-state index in [9.17, 15) is 8.42 Å². The molecule has 1 aromatic rings. The van der Waals surface area contributed by atoms with Gasteiger partial charge in [-0.1, -0.05) is 35.2 Å². The molecular weight excluding hydrogens is 350 g/mol. The van der Waals surface area contributed by atoms with Crippen LogP contribution in [0, 0.1) is 5.92 Å². The third-order valence-electron chi connectivity index (χ3n) is 4.54. The zero-order valence-electron chi connectivity index (χ0n) is 12.2.